The van der Waals surface area contributed by atoms with Crippen LogP contribution in [0.25, 0.3) is 16.5 Å². The second-order valence-electron chi connectivity index (χ2n) is 6.41. The zero-order valence-corrected chi connectivity index (χ0v) is 16.8. The fourth-order valence-electron chi connectivity index (χ4n) is 2.88. The zero-order valence-electron chi connectivity index (χ0n) is 16.8. The fraction of sp³-hybridized carbons (Fsp3) is 0.500. The van der Waals surface area contributed by atoms with E-state index in [0.717, 1.165) is 24.8 Å². The van der Waals surface area contributed by atoms with E-state index in [4.69, 9.17) is 10.3 Å². The lowest BCUT2D eigenvalue weighted by molar-refractivity contribution is -0.138. The molecule has 0 bridgehead atoms. The van der Waals surface area contributed by atoms with Gasteiger partial charge in [-0.05, 0) is 54.5 Å². The summed E-state index contributed by atoms with van der Waals surface area (Å²) in [6.07, 6.45) is 13.5. The number of ether oxygens (including phenoxy) is 1. The number of carbonyl (C=O) groups excluding carboxylic acids is 1. The van der Waals surface area contributed by atoms with Crippen molar-refractivity contribution in [3.8, 4) is 0 Å². The highest BCUT2D eigenvalue weighted by atomic mass is 16.5. The summed E-state index contributed by atoms with van der Waals surface area (Å²) >= 11 is 0. The molecule has 0 spiro atoms. The molecule has 0 saturated carbocycles. The van der Waals surface area contributed by atoms with Crippen molar-refractivity contribution < 1.29 is 9.53 Å². The zero-order chi connectivity index (χ0) is 19.9. The maximum atomic E-state index is 11.7. The van der Waals surface area contributed by atoms with Gasteiger partial charge < -0.3 is 4.74 Å². The molecule has 0 heterocycles. The monoisotopic (exact) mass is 369 g/mol. The standard InChI is InChI=1S/C22H31N3O2/c1-4-7-8-9-13-19-16-15-18(17-20(19)11-5-2)12-10-14-21(24-25-23)22(26)27-6-3/h10,12,14-17H,4-9,11,13H2,1-3H3. The van der Waals surface area contributed by atoms with Crippen LogP contribution in [0.3, 0.4) is 0 Å². The molecule has 5 heteroatoms. The van der Waals surface area contributed by atoms with Gasteiger partial charge in [-0.2, -0.15) is 0 Å². The van der Waals surface area contributed by atoms with E-state index in [1.807, 2.05) is 6.08 Å². The van der Waals surface area contributed by atoms with E-state index < -0.39 is 5.97 Å². The molecule has 5 nitrogen and oxygen atoms in total. The van der Waals surface area contributed by atoms with Gasteiger partial charge in [0.1, 0.15) is 5.70 Å². The molecule has 0 atom stereocenters. The van der Waals surface area contributed by atoms with Gasteiger partial charge in [0.15, 0.2) is 0 Å². The number of benzene rings is 1. The fourth-order valence-corrected chi connectivity index (χ4v) is 2.88. The van der Waals surface area contributed by atoms with Crippen LogP contribution in [0, 0.1) is 0 Å². The summed E-state index contributed by atoms with van der Waals surface area (Å²) in [6.45, 7) is 6.37. The molecular weight excluding hydrogens is 338 g/mol. The third kappa shape index (κ3) is 8.61. The first-order chi connectivity index (χ1) is 13.2. The number of hydrogen-bond acceptors (Lipinski definition) is 3. The van der Waals surface area contributed by atoms with E-state index in [2.05, 4.69) is 42.1 Å². The molecule has 0 aromatic heterocycles. The lowest BCUT2D eigenvalue weighted by atomic mass is 9.96. The Bertz CT molecular complexity index is 702. The van der Waals surface area contributed by atoms with E-state index in [-0.39, 0.29) is 12.3 Å². The predicted molar refractivity (Wildman–Crippen MR) is 111 cm³/mol. The van der Waals surface area contributed by atoms with Crippen LogP contribution in [-0.4, -0.2) is 12.6 Å². The molecule has 146 valence electrons. The molecule has 0 N–H and O–H groups in total. The average Bonchev–Trinajstić information content (AvgIpc) is 2.66. The Balaban J connectivity index is 2.90. The molecule has 0 radical (unpaired) electrons. The third-order valence-electron chi connectivity index (χ3n) is 4.23. The normalized spacial score (nSPS) is 11.4. The summed E-state index contributed by atoms with van der Waals surface area (Å²) in [6, 6.07) is 6.51. The smallest absolute Gasteiger partial charge is 0.340 e. The highest BCUT2D eigenvalue weighted by Gasteiger charge is 2.07. The van der Waals surface area contributed by atoms with Crippen LogP contribution < -0.4 is 0 Å². The molecule has 0 unspecified atom stereocenters. The molecule has 1 aromatic carbocycles. The van der Waals surface area contributed by atoms with Crippen LogP contribution in [-0.2, 0) is 22.4 Å². The van der Waals surface area contributed by atoms with Crippen molar-refractivity contribution in [3.05, 3.63) is 63.2 Å². The maximum absolute atomic E-state index is 11.7. The quantitative estimate of drug-likeness (QED) is 0.0798. The number of carbonyl (C=O) groups is 1. The SMILES string of the molecule is CCCCCCc1ccc(C=CC=C(N=[N+]=[N-])C(=O)OCC)cc1CCC. The van der Waals surface area contributed by atoms with Gasteiger partial charge in [-0.3, -0.25) is 0 Å². The Morgan fingerprint density at radius 3 is 2.59 bits per heavy atom. The molecule has 0 aliphatic rings. The number of rotatable bonds is 12. The molecule has 0 fully saturated rings. The van der Waals surface area contributed by atoms with Crippen molar-refractivity contribution in [1.82, 2.24) is 0 Å². The summed E-state index contributed by atoms with van der Waals surface area (Å²) in [5.41, 5.74) is 12.4. The van der Waals surface area contributed by atoms with Crippen LogP contribution in [0.4, 0.5) is 0 Å². The van der Waals surface area contributed by atoms with E-state index in [1.165, 1.54) is 42.9 Å². The van der Waals surface area contributed by atoms with Crippen LogP contribution in [0.15, 0.2) is 41.2 Å². The van der Waals surface area contributed by atoms with Crippen molar-refractivity contribution in [2.24, 2.45) is 5.11 Å². The molecule has 0 aliphatic carbocycles. The van der Waals surface area contributed by atoms with Gasteiger partial charge in [0.2, 0.25) is 0 Å². The van der Waals surface area contributed by atoms with Gasteiger partial charge in [0, 0.05) is 4.91 Å². The highest BCUT2D eigenvalue weighted by molar-refractivity contribution is 5.88. The summed E-state index contributed by atoms with van der Waals surface area (Å²) in [7, 11) is 0. The first-order valence-corrected chi connectivity index (χ1v) is 9.88. The first kappa shape index (κ1) is 22.5. The van der Waals surface area contributed by atoms with E-state index in [0.29, 0.717) is 0 Å². The summed E-state index contributed by atoms with van der Waals surface area (Å²) in [5, 5.41) is 3.40. The van der Waals surface area contributed by atoms with E-state index >= 15 is 0 Å². The predicted octanol–water partition coefficient (Wildman–Crippen LogP) is 6.53. The minimum atomic E-state index is -0.617. The Kier molecular flexibility index (Phi) is 11.4. The Hall–Kier alpha value is -2.52. The Morgan fingerprint density at radius 1 is 1.11 bits per heavy atom. The number of esters is 1. The van der Waals surface area contributed by atoms with Crippen LogP contribution in [0.2, 0.25) is 0 Å². The summed E-state index contributed by atoms with van der Waals surface area (Å²) in [5.74, 6) is -0.617. The number of nitrogens with zero attached hydrogens (tertiary/aromatic N) is 3. The van der Waals surface area contributed by atoms with Gasteiger partial charge in [0.25, 0.3) is 0 Å². The average molecular weight is 370 g/mol. The molecule has 1 rings (SSSR count). The van der Waals surface area contributed by atoms with E-state index in [1.54, 1.807) is 13.0 Å². The molecule has 0 saturated heterocycles. The van der Waals surface area contributed by atoms with Crippen molar-refractivity contribution >= 4 is 12.0 Å². The van der Waals surface area contributed by atoms with Gasteiger partial charge >= 0.3 is 5.97 Å². The molecule has 0 amide bonds. The number of azide groups is 1. The topological polar surface area (TPSA) is 75.1 Å². The van der Waals surface area contributed by atoms with Gasteiger partial charge in [0.05, 0.1) is 6.61 Å². The minimum absolute atomic E-state index is 0.0445. The number of hydrogen-bond donors (Lipinski definition) is 0. The molecular formula is C22H31N3O2. The lowest BCUT2D eigenvalue weighted by Gasteiger charge is -2.10. The van der Waals surface area contributed by atoms with Crippen LogP contribution in [0.5, 0.6) is 0 Å². The van der Waals surface area contributed by atoms with Crippen molar-refractivity contribution in [2.45, 2.75) is 65.7 Å². The maximum Gasteiger partial charge on any atom is 0.340 e. The third-order valence-corrected chi connectivity index (χ3v) is 4.23. The Morgan fingerprint density at radius 2 is 1.93 bits per heavy atom. The largest absolute Gasteiger partial charge is 0.462 e. The van der Waals surface area contributed by atoms with E-state index in [9.17, 15) is 4.79 Å². The number of unbranched alkanes of at least 4 members (excludes halogenated alkanes) is 3. The Labute approximate surface area is 162 Å². The van der Waals surface area contributed by atoms with Crippen molar-refractivity contribution in [3.63, 3.8) is 0 Å². The van der Waals surface area contributed by atoms with Gasteiger partial charge in [-0.15, -0.1) is 0 Å². The van der Waals surface area contributed by atoms with Crippen molar-refractivity contribution in [2.75, 3.05) is 6.61 Å². The second kappa shape index (κ2) is 13.7. The molecule has 0 aliphatic heterocycles. The number of aryl methyl sites for hydroxylation is 2. The van der Waals surface area contributed by atoms with Crippen LogP contribution in [0.1, 0.15) is 69.6 Å². The summed E-state index contributed by atoms with van der Waals surface area (Å²) < 4.78 is 4.87. The minimum Gasteiger partial charge on any atom is -0.462 e. The second-order valence-corrected chi connectivity index (χ2v) is 6.41. The molecule has 27 heavy (non-hydrogen) atoms. The highest BCUT2D eigenvalue weighted by Crippen LogP contribution is 2.18. The summed E-state index contributed by atoms with van der Waals surface area (Å²) in [4.78, 5) is 14.4. The first-order valence-electron chi connectivity index (χ1n) is 9.88. The van der Waals surface area contributed by atoms with Crippen molar-refractivity contribution in [1.29, 1.82) is 0 Å². The van der Waals surface area contributed by atoms with Gasteiger partial charge in [-0.25, -0.2) is 4.79 Å². The lowest BCUT2D eigenvalue weighted by Crippen LogP contribution is -2.05. The molecule has 1 aromatic rings. The van der Waals surface area contributed by atoms with Crippen LogP contribution >= 0.6 is 0 Å². The number of allylic oxidation sites excluding steroid dienone is 2. The van der Waals surface area contributed by atoms with Gasteiger partial charge in [-0.1, -0.05) is 75.0 Å².